The molecule has 1 N–H and O–H groups in total. The molecule has 80 valence electrons. The molecule has 2 aromatic rings. The van der Waals surface area contributed by atoms with Crippen molar-refractivity contribution in [3.63, 3.8) is 0 Å². The number of nitrogens with zero attached hydrogens (tertiary/aromatic N) is 1. The first kappa shape index (κ1) is 10.4. The van der Waals surface area contributed by atoms with Crippen molar-refractivity contribution in [2.45, 2.75) is 20.0 Å². The van der Waals surface area contributed by atoms with Gasteiger partial charge in [0.05, 0.1) is 21.8 Å². The maximum Gasteiger partial charge on any atom is 0.122 e. The van der Waals surface area contributed by atoms with E-state index in [4.69, 9.17) is 9.84 Å². The molecule has 2 rings (SSSR count). The van der Waals surface area contributed by atoms with Crippen molar-refractivity contribution in [3.05, 3.63) is 23.2 Å². The third-order valence-electron chi connectivity index (χ3n) is 2.06. The summed E-state index contributed by atoms with van der Waals surface area (Å²) in [5.41, 5.74) is 0.958. The maximum absolute atomic E-state index is 8.87. The number of aliphatic hydroxyl groups is 1. The van der Waals surface area contributed by atoms with Gasteiger partial charge in [0.2, 0.25) is 0 Å². The van der Waals surface area contributed by atoms with Gasteiger partial charge in [-0.3, -0.25) is 0 Å². The van der Waals surface area contributed by atoms with Crippen LogP contribution in [0.1, 0.15) is 11.9 Å². The van der Waals surface area contributed by atoms with Crippen LogP contribution in [0.2, 0.25) is 0 Å². The minimum absolute atomic E-state index is 0.0220. The number of fused-ring (bicyclic) bond motifs is 1. The Hall–Kier alpha value is -1.13. The van der Waals surface area contributed by atoms with Gasteiger partial charge in [0.25, 0.3) is 0 Å². The van der Waals surface area contributed by atoms with E-state index in [2.05, 4.69) is 4.98 Å². The van der Waals surface area contributed by atoms with E-state index >= 15 is 0 Å². The quantitative estimate of drug-likeness (QED) is 0.868. The van der Waals surface area contributed by atoms with Gasteiger partial charge in [-0.1, -0.05) is 0 Å². The predicted molar refractivity (Wildman–Crippen MR) is 61.5 cm³/mol. The SMILES string of the molecule is Cc1nc2cc(OC(C)CO)ccc2s1. The van der Waals surface area contributed by atoms with Crippen LogP contribution in [-0.2, 0) is 0 Å². The topological polar surface area (TPSA) is 42.4 Å². The molecule has 1 atom stereocenters. The maximum atomic E-state index is 8.87. The predicted octanol–water partition coefficient (Wildman–Crippen LogP) is 2.36. The normalized spacial score (nSPS) is 13.0. The molecule has 0 bridgehead atoms. The van der Waals surface area contributed by atoms with E-state index in [1.807, 2.05) is 32.0 Å². The number of hydrogen-bond donors (Lipinski definition) is 1. The highest BCUT2D eigenvalue weighted by atomic mass is 32.1. The van der Waals surface area contributed by atoms with Crippen LogP contribution in [0.4, 0.5) is 0 Å². The Bertz CT molecular complexity index is 467. The summed E-state index contributed by atoms with van der Waals surface area (Å²) in [6.07, 6.45) is -0.179. The molecule has 4 heteroatoms. The molecule has 0 saturated heterocycles. The number of hydrogen-bond acceptors (Lipinski definition) is 4. The molecule has 0 fully saturated rings. The Morgan fingerprint density at radius 2 is 2.33 bits per heavy atom. The summed E-state index contributed by atoms with van der Waals surface area (Å²) in [4.78, 5) is 4.38. The number of rotatable bonds is 3. The Kier molecular flexibility index (Phi) is 2.88. The Labute approximate surface area is 92.3 Å². The van der Waals surface area contributed by atoms with Crippen molar-refractivity contribution < 1.29 is 9.84 Å². The van der Waals surface area contributed by atoms with Crippen molar-refractivity contribution in [2.24, 2.45) is 0 Å². The van der Waals surface area contributed by atoms with E-state index in [1.54, 1.807) is 11.3 Å². The molecule has 0 aliphatic heterocycles. The molecular formula is C11H13NO2S. The van der Waals surface area contributed by atoms with Gasteiger partial charge in [-0.15, -0.1) is 11.3 Å². The molecule has 0 radical (unpaired) electrons. The monoisotopic (exact) mass is 223 g/mol. The fraction of sp³-hybridized carbons (Fsp3) is 0.364. The largest absolute Gasteiger partial charge is 0.488 e. The van der Waals surface area contributed by atoms with Gasteiger partial charge in [0.15, 0.2) is 0 Å². The molecule has 3 nitrogen and oxygen atoms in total. The Morgan fingerprint density at radius 3 is 3.07 bits per heavy atom. The molecule has 1 unspecified atom stereocenters. The summed E-state index contributed by atoms with van der Waals surface area (Å²) >= 11 is 1.67. The number of aromatic nitrogens is 1. The van der Waals surface area contributed by atoms with Crippen LogP contribution < -0.4 is 4.74 Å². The lowest BCUT2D eigenvalue weighted by atomic mass is 10.3. The van der Waals surface area contributed by atoms with Crippen molar-refractivity contribution in [1.82, 2.24) is 4.98 Å². The zero-order valence-electron chi connectivity index (χ0n) is 8.73. The van der Waals surface area contributed by atoms with E-state index in [0.717, 1.165) is 21.0 Å². The zero-order chi connectivity index (χ0) is 10.8. The number of ether oxygens (including phenoxy) is 1. The summed E-state index contributed by atoms with van der Waals surface area (Å²) in [7, 11) is 0. The number of aliphatic hydroxyl groups excluding tert-OH is 1. The number of aryl methyl sites for hydroxylation is 1. The summed E-state index contributed by atoms with van der Waals surface area (Å²) in [6, 6.07) is 5.82. The molecule has 1 heterocycles. The second-order valence-electron chi connectivity index (χ2n) is 3.47. The smallest absolute Gasteiger partial charge is 0.122 e. The fourth-order valence-corrected chi connectivity index (χ4v) is 2.17. The lowest BCUT2D eigenvalue weighted by Gasteiger charge is -2.11. The third-order valence-corrected chi connectivity index (χ3v) is 3.01. The highest BCUT2D eigenvalue weighted by Crippen LogP contribution is 2.25. The first-order valence-corrected chi connectivity index (χ1v) is 5.65. The van der Waals surface area contributed by atoms with E-state index < -0.39 is 0 Å². The lowest BCUT2D eigenvalue weighted by Crippen LogP contribution is -2.15. The first-order valence-electron chi connectivity index (χ1n) is 4.84. The minimum atomic E-state index is -0.179. The molecule has 0 amide bonds. The summed E-state index contributed by atoms with van der Waals surface area (Å²) in [5, 5.41) is 9.93. The molecule has 0 aliphatic carbocycles. The Balaban J connectivity index is 2.30. The van der Waals surface area contributed by atoms with Gasteiger partial charge in [0, 0.05) is 6.07 Å². The Morgan fingerprint density at radius 1 is 1.53 bits per heavy atom. The van der Waals surface area contributed by atoms with E-state index in [9.17, 15) is 0 Å². The summed E-state index contributed by atoms with van der Waals surface area (Å²) < 4.78 is 6.66. The standard InChI is InChI=1S/C11H13NO2S/c1-7(6-13)14-9-3-4-11-10(5-9)12-8(2)15-11/h3-5,7,13H,6H2,1-2H3. The highest BCUT2D eigenvalue weighted by molar-refractivity contribution is 7.18. The van der Waals surface area contributed by atoms with E-state index in [0.29, 0.717) is 0 Å². The molecule has 15 heavy (non-hydrogen) atoms. The van der Waals surface area contributed by atoms with Crippen LogP contribution in [-0.4, -0.2) is 22.8 Å². The third kappa shape index (κ3) is 2.27. The average molecular weight is 223 g/mol. The zero-order valence-corrected chi connectivity index (χ0v) is 9.54. The number of benzene rings is 1. The average Bonchev–Trinajstić information content (AvgIpc) is 2.57. The van der Waals surface area contributed by atoms with Gasteiger partial charge < -0.3 is 9.84 Å². The van der Waals surface area contributed by atoms with Crippen LogP contribution in [0.5, 0.6) is 5.75 Å². The molecule has 0 spiro atoms. The fourth-order valence-electron chi connectivity index (χ4n) is 1.37. The van der Waals surface area contributed by atoms with Crippen LogP contribution in [0, 0.1) is 6.92 Å². The molecule has 1 aromatic carbocycles. The van der Waals surface area contributed by atoms with Crippen LogP contribution in [0.15, 0.2) is 18.2 Å². The molecule has 0 aliphatic rings. The van der Waals surface area contributed by atoms with E-state index in [1.165, 1.54) is 0 Å². The van der Waals surface area contributed by atoms with Crippen molar-refractivity contribution in [2.75, 3.05) is 6.61 Å². The van der Waals surface area contributed by atoms with Gasteiger partial charge >= 0.3 is 0 Å². The van der Waals surface area contributed by atoms with Crippen LogP contribution >= 0.6 is 11.3 Å². The highest BCUT2D eigenvalue weighted by Gasteiger charge is 2.05. The van der Waals surface area contributed by atoms with Crippen molar-refractivity contribution in [3.8, 4) is 5.75 Å². The number of thiazole rings is 1. The van der Waals surface area contributed by atoms with Gasteiger partial charge in [-0.05, 0) is 26.0 Å². The van der Waals surface area contributed by atoms with Crippen LogP contribution in [0.3, 0.4) is 0 Å². The minimum Gasteiger partial charge on any atom is -0.488 e. The molecule has 1 aromatic heterocycles. The summed E-state index contributed by atoms with van der Waals surface area (Å²) in [6.45, 7) is 3.84. The second kappa shape index (κ2) is 4.16. The lowest BCUT2D eigenvalue weighted by molar-refractivity contribution is 0.130. The van der Waals surface area contributed by atoms with Crippen LogP contribution in [0.25, 0.3) is 10.2 Å². The first-order chi connectivity index (χ1) is 7.19. The summed E-state index contributed by atoms with van der Waals surface area (Å²) in [5.74, 6) is 0.759. The van der Waals surface area contributed by atoms with Crippen molar-refractivity contribution >= 4 is 21.6 Å². The van der Waals surface area contributed by atoms with Crippen molar-refractivity contribution in [1.29, 1.82) is 0 Å². The van der Waals surface area contributed by atoms with E-state index in [-0.39, 0.29) is 12.7 Å². The van der Waals surface area contributed by atoms with Gasteiger partial charge in [-0.2, -0.15) is 0 Å². The second-order valence-corrected chi connectivity index (χ2v) is 4.71. The molecular weight excluding hydrogens is 210 g/mol. The van der Waals surface area contributed by atoms with Gasteiger partial charge in [0.1, 0.15) is 11.9 Å². The van der Waals surface area contributed by atoms with Gasteiger partial charge in [-0.25, -0.2) is 4.98 Å². The molecule has 0 saturated carbocycles.